The zero-order valence-corrected chi connectivity index (χ0v) is 12.1. The second-order valence-electron chi connectivity index (χ2n) is 4.53. The predicted octanol–water partition coefficient (Wildman–Crippen LogP) is 2.40. The van der Waals surface area contributed by atoms with Crippen LogP contribution >= 0.6 is 15.9 Å². The molecule has 1 rings (SSSR count). The fraction of sp³-hybridized carbons (Fsp3) is 0.417. The second kappa shape index (κ2) is 6.29. The van der Waals surface area contributed by atoms with Crippen LogP contribution in [-0.4, -0.2) is 18.1 Å². The van der Waals surface area contributed by atoms with Crippen molar-refractivity contribution >= 4 is 21.8 Å². The molecule has 1 aromatic rings. The molecule has 106 valence electrons. The van der Waals surface area contributed by atoms with Crippen LogP contribution in [0.25, 0.3) is 0 Å². The standard InChI is InChI=1S/C12H15BrF2N2O2/c1-12(2,16)10(18)17-6-7-5-8(13)3-4-9(7)19-11(14)15/h3-5,11H,6,16H2,1-2H3,(H,17,18). The minimum atomic E-state index is -2.92. The lowest BCUT2D eigenvalue weighted by Crippen LogP contribution is -2.48. The Morgan fingerprint density at radius 2 is 2.16 bits per heavy atom. The Hall–Kier alpha value is -1.21. The molecule has 0 saturated carbocycles. The van der Waals surface area contributed by atoms with Gasteiger partial charge < -0.3 is 15.8 Å². The molecule has 0 aliphatic carbocycles. The minimum absolute atomic E-state index is 0.0216. The Bertz CT molecular complexity index is 462. The number of carbonyl (C=O) groups is 1. The molecule has 0 fully saturated rings. The Labute approximate surface area is 118 Å². The van der Waals surface area contributed by atoms with Crippen molar-refractivity contribution in [1.29, 1.82) is 0 Å². The lowest BCUT2D eigenvalue weighted by Gasteiger charge is -2.18. The first-order chi connectivity index (χ1) is 8.70. The summed E-state index contributed by atoms with van der Waals surface area (Å²) in [6.45, 7) is 0.252. The first-order valence-corrected chi connectivity index (χ1v) is 6.30. The van der Waals surface area contributed by atoms with Gasteiger partial charge in [-0.2, -0.15) is 8.78 Å². The van der Waals surface area contributed by atoms with Gasteiger partial charge in [0.25, 0.3) is 0 Å². The van der Waals surface area contributed by atoms with Crippen LogP contribution in [0.4, 0.5) is 8.78 Å². The molecule has 0 bridgehead atoms. The van der Waals surface area contributed by atoms with Gasteiger partial charge in [-0.05, 0) is 32.0 Å². The number of alkyl halides is 2. The highest BCUT2D eigenvalue weighted by molar-refractivity contribution is 9.10. The van der Waals surface area contributed by atoms with Crippen LogP contribution in [0.2, 0.25) is 0 Å². The van der Waals surface area contributed by atoms with Gasteiger partial charge in [-0.25, -0.2) is 0 Å². The Balaban J connectivity index is 2.81. The Kier molecular flexibility index (Phi) is 5.25. The van der Waals surface area contributed by atoms with Crippen LogP contribution in [0.3, 0.4) is 0 Å². The summed E-state index contributed by atoms with van der Waals surface area (Å²) in [7, 11) is 0. The average Bonchev–Trinajstić information content (AvgIpc) is 2.27. The van der Waals surface area contributed by atoms with E-state index in [4.69, 9.17) is 5.73 Å². The molecule has 0 aromatic heterocycles. The van der Waals surface area contributed by atoms with Crippen molar-refractivity contribution in [3.8, 4) is 5.75 Å². The molecule has 1 amide bonds. The summed E-state index contributed by atoms with van der Waals surface area (Å²) in [6.07, 6.45) is 0. The van der Waals surface area contributed by atoms with Gasteiger partial charge in [0.05, 0.1) is 5.54 Å². The lowest BCUT2D eigenvalue weighted by molar-refractivity contribution is -0.125. The third kappa shape index (κ3) is 5.12. The molecule has 0 heterocycles. The number of hydrogen-bond donors (Lipinski definition) is 2. The third-order valence-corrected chi connectivity index (χ3v) is 2.76. The molecule has 0 aliphatic heterocycles. The van der Waals surface area contributed by atoms with E-state index in [2.05, 4.69) is 26.0 Å². The number of nitrogens with two attached hydrogens (primary N) is 1. The van der Waals surface area contributed by atoms with E-state index in [1.54, 1.807) is 26.0 Å². The summed E-state index contributed by atoms with van der Waals surface area (Å²) in [4.78, 5) is 11.6. The van der Waals surface area contributed by atoms with Crippen LogP contribution in [0, 0.1) is 0 Å². The summed E-state index contributed by atoms with van der Waals surface area (Å²) in [5.74, 6) is -0.358. The SMILES string of the molecule is CC(C)(N)C(=O)NCc1cc(Br)ccc1OC(F)F. The number of carbonyl (C=O) groups excluding carboxylic acids is 1. The summed E-state index contributed by atoms with van der Waals surface area (Å²) < 4.78 is 29.6. The largest absolute Gasteiger partial charge is 0.434 e. The molecule has 7 heteroatoms. The Morgan fingerprint density at radius 3 is 2.68 bits per heavy atom. The highest BCUT2D eigenvalue weighted by atomic mass is 79.9. The summed E-state index contributed by atoms with van der Waals surface area (Å²) in [5, 5.41) is 2.57. The van der Waals surface area contributed by atoms with Crippen molar-refractivity contribution in [2.45, 2.75) is 32.5 Å². The molecule has 0 unspecified atom stereocenters. The molecule has 0 spiro atoms. The van der Waals surface area contributed by atoms with Crippen molar-refractivity contribution in [2.24, 2.45) is 5.73 Å². The minimum Gasteiger partial charge on any atom is -0.434 e. The number of benzene rings is 1. The lowest BCUT2D eigenvalue weighted by atomic mass is 10.1. The van der Waals surface area contributed by atoms with E-state index in [-0.39, 0.29) is 18.2 Å². The van der Waals surface area contributed by atoms with E-state index >= 15 is 0 Å². The highest BCUT2D eigenvalue weighted by Crippen LogP contribution is 2.24. The van der Waals surface area contributed by atoms with Crippen LogP contribution < -0.4 is 15.8 Å². The maximum Gasteiger partial charge on any atom is 0.387 e. The molecule has 0 aliphatic rings. The van der Waals surface area contributed by atoms with Gasteiger partial charge in [0, 0.05) is 16.6 Å². The van der Waals surface area contributed by atoms with Gasteiger partial charge in [-0.15, -0.1) is 0 Å². The number of halogens is 3. The van der Waals surface area contributed by atoms with E-state index in [9.17, 15) is 13.6 Å². The van der Waals surface area contributed by atoms with Crippen molar-refractivity contribution in [3.05, 3.63) is 28.2 Å². The maximum atomic E-state index is 12.2. The quantitative estimate of drug-likeness (QED) is 0.867. The van der Waals surface area contributed by atoms with E-state index < -0.39 is 12.2 Å². The van der Waals surface area contributed by atoms with E-state index in [1.807, 2.05) is 0 Å². The van der Waals surface area contributed by atoms with Gasteiger partial charge in [0.1, 0.15) is 5.75 Å². The molecule has 3 N–H and O–H groups in total. The first-order valence-electron chi connectivity index (χ1n) is 5.50. The summed E-state index contributed by atoms with van der Waals surface area (Å²) in [6, 6.07) is 4.59. The predicted molar refractivity (Wildman–Crippen MR) is 70.9 cm³/mol. The highest BCUT2D eigenvalue weighted by Gasteiger charge is 2.21. The van der Waals surface area contributed by atoms with Crippen LogP contribution in [0.15, 0.2) is 22.7 Å². The fourth-order valence-electron chi connectivity index (χ4n) is 1.30. The van der Waals surface area contributed by atoms with E-state index in [0.717, 1.165) is 0 Å². The topological polar surface area (TPSA) is 64.4 Å². The van der Waals surface area contributed by atoms with Crippen molar-refractivity contribution in [3.63, 3.8) is 0 Å². The smallest absolute Gasteiger partial charge is 0.387 e. The summed E-state index contributed by atoms with van der Waals surface area (Å²) in [5.41, 5.74) is 5.02. The normalized spacial score (nSPS) is 11.5. The molecule has 0 atom stereocenters. The number of ether oxygens (including phenoxy) is 1. The molecular formula is C12H15BrF2N2O2. The number of rotatable bonds is 5. The fourth-order valence-corrected chi connectivity index (χ4v) is 1.71. The van der Waals surface area contributed by atoms with Crippen LogP contribution in [0.5, 0.6) is 5.75 Å². The Morgan fingerprint density at radius 1 is 1.53 bits per heavy atom. The van der Waals surface area contributed by atoms with Crippen molar-refractivity contribution < 1.29 is 18.3 Å². The molecular weight excluding hydrogens is 322 g/mol. The van der Waals surface area contributed by atoms with E-state index in [0.29, 0.717) is 10.0 Å². The monoisotopic (exact) mass is 336 g/mol. The van der Waals surface area contributed by atoms with Crippen molar-refractivity contribution in [1.82, 2.24) is 5.32 Å². The van der Waals surface area contributed by atoms with Crippen LogP contribution in [0.1, 0.15) is 19.4 Å². The third-order valence-electron chi connectivity index (χ3n) is 2.26. The molecule has 1 aromatic carbocycles. The molecule has 0 radical (unpaired) electrons. The average molecular weight is 337 g/mol. The number of nitrogens with one attached hydrogen (secondary N) is 1. The zero-order valence-electron chi connectivity index (χ0n) is 10.5. The molecule has 0 saturated heterocycles. The van der Waals surface area contributed by atoms with E-state index in [1.165, 1.54) is 6.07 Å². The zero-order chi connectivity index (χ0) is 14.6. The number of amides is 1. The second-order valence-corrected chi connectivity index (χ2v) is 5.45. The first kappa shape index (κ1) is 15.8. The van der Waals surface area contributed by atoms with Gasteiger partial charge in [-0.1, -0.05) is 15.9 Å². The summed E-state index contributed by atoms with van der Waals surface area (Å²) >= 11 is 3.23. The molecule has 4 nitrogen and oxygen atoms in total. The van der Waals surface area contributed by atoms with Crippen molar-refractivity contribution in [2.75, 3.05) is 0 Å². The van der Waals surface area contributed by atoms with Gasteiger partial charge >= 0.3 is 6.61 Å². The van der Waals surface area contributed by atoms with Gasteiger partial charge in [-0.3, -0.25) is 4.79 Å². The molecule has 19 heavy (non-hydrogen) atoms. The van der Waals surface area contributed by atoms with Gasteiger partial charge in [0.15, 0.2) is 0 Å². The maximum absolute atomic E-state index is 12.2. The number of hydrogen-bond acceptors (Lipinski definition) is 3. The van der Waals surface area contributed by atoms with Gasteiger partial charge in [0.2, 0.25) is 5.91 Å². The van der Waals surface area contributed by atoms with Crippen LogP contribution in [-0.2, 0) is 11.3 Å².